The minimum atomic E-state index is -0.413. The summed E-state index contributed by atoms with van der Waals surface area (Å²) in [6.07, 6.45) is 3.03. The van der Waals surface area contributed by atoms with Crippen molar-refractivity contribution in [1.82, 2.24) is 10.3 Å². The Labute approximate surface area is 117 Å². The second-order valence-electron chi connectivity index (χ2n) is 4.58. The van der Waals surface area contributed by atoms with Gasteiger partial charge in [0, 0.05) is 0 Å². The second-order valence-corrected chi connectivity index (χ2v) is 7.96. The summed E-state index contributed by atoms with van der Waals surface area (Å²) in [7, 11) is 0. The summed E-state index contributed by atoms with van der Waals surface area (Å²) in [6.45, 7) is 4.22. The molecule has 0 aliphatic carbocycles. The molecule has 4 nitrogen and oxygen atoms in total. The van der Waals surface area contributed by atoms with E-state index >= 15 is 0 Å². The number of nitrogens with zero attached hydrogens (tertiary/aromatic N) is 1. The normalized spacial score (nSPS) is 20.3. The van der Waals surface area contributed by atoms with Gasteiger partial charge in [0.2, 0.25) is 0 Å². The first-order chi connectivity index (χ1) is 8.56. The molecule has 0 radical (unpaired) electrons. The number of rotatable bonds is 3. The van der Waals surface area contributed by atoms with Gasteiger partial charge >= 0.3 is 117 Å². The van der Waals surface area contributed by atoms with Gasteiger partial charge in [0.25, 0.3) is 0 Å². The summed E-state index contributed by atoms with van der Waals surface area (Å²) in [5.41, 5.74) is 1.08. The van der Waals surface area contributed by atoms with Gasteiger partial charge in [-0.05, 0) is 0 Å². The molecule has 1 atom stereocenters. The number of aromatic nitrogens is 1. The maximum absolute atomic E-state index is 11.7. The third-order valence-corrected chi connectivity index (χ3v) is 6.07. The molecular weight excluding hydrogens is 343 g/mol. The Bertz CT molecular complexity index is 457. The van der Waals surface area contributed by atoms with Crippen molar-refractivity contribution in [3.63, 3.8) is 0 Å². The quantitative estimate of drug-likeness (QED) is 0.397. The summed E-state index contributed by atoms with van der Waals surface area (Å²) in [4.78, 5) is 27.1. The van der Waals surface area contributed by atoms with Gasteiger partial charge in [0.1, 0.15) is 0 Å². The Balaban J connectivity index is 2.01. The van der Waals surface area contributed by atoms with Gasteiger partial charge in [0.05, 0.1) is 0 Å². The Morgan fingerprint density at radius 2 is 2.17 bits per heavy atom. The molecule has 0 aromatic carbocycles. The van der Waals surface area contributed by atoms with E-state index in [1.54, 1.807) is 0 Å². The summed E-state index contributed by atoms with van der Waals surface area (Å²) >= 11 is -0.413. The van der Waals surface area contributed by atoms with Crippen molar-refractivity contribution < 1.29 is 30.8 Å². The molecule has 18 heavy (non-hydrogen) atoms. The van der Waals surface area contributed by atoms with Crippen LogP contribution in [-0.2, 0) is 9.59 Å². The van der Waals surface area contributed by atoms with Crippen molar-refractivity contribution in [2.45, 2.75) is 36.5 Å². The summed E-state index contributed by atoms with van der Waals surface area (Å²) in [5, 5.41) is 2.41. The number of halogens is 1. The standard InChI is InChI=1S/C13H16IN2O2/c1-8(2)11-5-3-9(7-15-11)14-10-4-6-12(17)16-13(10)18/h3,5,7-8,10H,4,6H2,1-2H3,(H,16,17,18)/q-1/t10-/m0/s1. The number of pyridine rings is 1. The van der Waals surface area contributed by atoms with Crippen molar-refractivity contribution in [2.75, 3.05) is 0 Å². The zero-order chi connectivity index (χ0) is 13.1. The first-order valence-corrected chi connectivity index (χ1v) is 8.31. The van der Waals surface area contributed by atoms with Gasteiger partial charge in [-0.2, -0.15) is 0 Å². The average molecular weight is 359 g/mol. The molecule has 5 heteroatoms. The molecule has 0 bridgehead atoms. The first kappa shape index (κ1) is 13.5. The van der Waals surface area contributed by atoms with E-state index in [1.165, 1.54) is 0 Å². The molecule has 0 saturated carbocycles. The molecular formula is C13H16IN2O2-. The Morgan fingerprint density at radius 3 is 2.72 bits per heavy atom. The number of carbonyl (C=O) groups excluding carboxylic acids is 2. The molecule has 1 aliphatic heterocycles. The fourth-order valence-corrected chi connectivity index (χ4v) is 4.33. The number of amides is 2. The van der Waals surface area contributed by atoms with Crippen LogP contribution in [0.25, 0.3) is 0 Å². The van der Waals surface area contributed by atoms with Crippen LogP contribution in [0.2, 0.25) is 0 Å². The van der Waals surface area contributed by atoms with Gasteiger partial charge in [-0.1, -0.05) is 0 Å². The summed E-state index contributed by atoms with van der Waals surface area (Å²) < 4.78 is 1.17. The third kappa shape index (κ3) is 3.28. The number of hydrogen-bond donors (Lipinski definition) is 1. The zero-order valence-corrected chi connectivity index (χ0v) is 12.6. The van der Waals surface area contributed by atoms with Gasteiger partial charge < -0.3 is 0 Å². The van der Waals surface area contributed by atoms with E-state index in [9.17, 15) is 9.59 Å². The van der Waals surface area contributed by atoms with E-state index in [1.807, 2.05) is 12.3 Å². The molecule has 2 heterocycles. The van der Waals surface area contributed by atoms with Gasteiger partial charge in [-0.15, -0.1) is 0 Å². The van der Waals surface area contributed by atoms with Crippen LogP contribution in [0.3, 0.4) is 0 Å². The van der Waals surface area contributed by atoms with Gasteiger partial charge in [-0.25, -0.2) is 0 Å². The zero-order valence-electron chi connectivity index (χ0n) is 10.4. The van der Waals surface area contributed by atoms with Crippen molar-refractivity contribution in [2.24, 2.45) is 0 Å². The van der Waals surface area contributed by atoms with Crippen LogP contribution in [0.5, 0.6) is 0 Å². The van der Waals surface area contributed by atoms with Crippen LogP contribution in [0, 0.1) is 3.57 Å². The molecule has 1 aliphatic rings. The van der Waals surface area contributed by atoms with E-state index in [0.717, 1.165) is 9.26 Å². The monoisotopic (exact) mass is 359 g/mol. The van der Waals surface area contributed by atoms with E-state index in [0.29, 0.717) is 18.8 Å². The predicted molar refractivity (Wildman–Crippen MR) is 63.2 cm³/mol. The average Bonchev–Trinajstić information content (AvgIpc) is 2.33. The van der Waals surface area contributed by atoms with Crippen molar-refractivity contribution in [3.05, 3.63) is 27.6 Å². The molecule has 2 rings (SSSR count). The molecule has 1 saturated heterocycles. The van der Waals surface area contributed by atoms with Crippen molar-refractivity contribution in [1.29, 1.82) is 0 Å². The first-order valence-electron chi connectivity index (χ1n) is 5.99. The molecule has 0 spiro atoms. The van der Waals surface area contributed by atoms with E-state index in [-0.39, 0.29) is 15.7 Å². The van der Waals surface area contributed by atoms with Crippen LogP contribution in [0.1, 0.15) is 38.3 Å². The maximum atomic E-state index is 11.7. The summed E-state index contributed by atoms with van der Waals surface area (Å²) in [6, 6.07) is 4.10. The fraction of sp³-hybridized carbons (Fsp3) is 0.462. The third-order valence-electron chi connectivity index (χ3n) is 2.77. The van der Waals surface area contributed by atoms with E-state index in [4.69, 9.17) is 0 Å². The van der Waals surface area contributed by atoms with Crippen LogP contribution in [-0.4, -0.2) is 20.7 Å². The van der Waals surface area contributed by atoms with E-state index in [2.05, 4.69) is 30.2 Å². The van der Waals surface area contributed by atoms with Crippen molar-refractivity contribution >= 4 is 11.8 Å². The molecule has 1 N–H and O–H groups in total. The molecule has 0 unspecified atom stereocenters. The Morgan fingerprint density at radius 1 is 1.39 bits per heavy atom. The molecule has 1 fully saturated rings. The number of alkyl halides is 1. The number of nitrogens with one attached hydrogen (secondary N) is 1. The SMILES string of the molecule is CC(C)c1ccc([I-][C@H]2CCC(=O)NC2=O)cn1. The van der Waals surface area contributed by atoms with E-state index < -0.39 is 21.2 Å². The van der Waals surface area contributed by atoms with Crippen LogP contribution >= 0.6 is 0 Å². The Kier molecular flexibility index (Phi) is 4.31. The number of imide groups is 1. The minimum absolute atomic E-state index is 0.00759. The van der Waals surface area contributed by atoms with Crippen molar-refractivity contribution in [3.8, 4) is 0 Å². The van der Waals surface area contributed by atoms with Crippen LogP contribution < -0.4 is 26.5 Å². The van der Waals surface area contributed by atoms with Crippen LogP contribution in [0.4, 0.5) is 0 Å². The number of carbonyl (C=O) groups is 2. The van der Waals surface area contributed by atoms with Gasteiger partial charge in [-0.3, -0.25) is 0 Å². The molecule has 98 valence electrons. The Hall–Kier alpha value is -0.980. The molecule has 2 amide bonds. The predicted octanol–water partition coefficient (Wildman–Crippen LogP) is -1.73. The summed E-state index contributed by atoms with van der Waals surface area (Å²) in [5.74, 6) is 0.174. The number of hydrogen-bond acceptors (Lipinski definition) is 3. The van der Waals surface area contributed by atoms with Crippen LogP contribution in [0.15, 0.2) is 18.3 Å². The number of piperidine rings is 1. The fourth-order valence-electron chi connectivity index (χ4n) is 1.72. The second kappa shape index (κ2) is 5.77. The topological polar surface area (TPSA) is 59.1 Å². The van der Waals surface area contributed by atoms with Gasteiger partial charge in [0.15, 0.2) is 0 Å². The molecule has 1 aromatic rings. The molecule has 1 aromatic heterocycles.